The highest BCUT2D eigenvalue weighted by Gasteiger charge is 2.30. The first-order valence-electron chi connectivity index (χ1n) is 7.41. The molecule has 2 aromatic carbocycles. The fraction of sp³-hybridized carbons (Fsp3) is 0.111. The molecule has 2 N–H and O–H groups in total. The number of ether oxygens (including phenoxy) is 1. The molecule has 0 bridgehead atoms. The molecule has 0 aliphatic rings. The molecule has 8 heteroatoms. The van der Waals surface area contributed by atoms with E-state index in [0.29, 0.717) is 5.69 Å². The van der Waals surface area contributed by atoms with Gasteiger partial charge in [0.25, 0.3) is 5.91 Å². The maximum Gasteiger partial charge on any atom is 0.573 e. The lowest BCUT2D eigenvalue weighted by atomic mass is 10.2. The van der Waals surface area contributed by atoms with Crippen molar-refractivity contribution in [1.82, 2.24) is 0 Å². The molecule has 0 fully saturated rings. The standard InChI is InChI=1S/C18H15F3N2O3/c1-12(24)16(17(25)23-14-5-3-2-4-6-14)11-22-13-7-9-15(10-8-13)26-18(19,20)21/h2-11,24H,1H3,(H,23,25). The summed E-state index contributed by atoms with van der Waals surface area (Å²) in [7, 11) is 0. The van der Waals surface area contributed by atoms with Crippen molar-refractivity contribution in [2.24, 2.45) is 4.99 Å². The Morgan fingerprint density at radius 1 is 1.12 bits per heavy atom. The Morgan fingerprint density at radius 3 is 2.27 bits per heavy atom. The quantitative estimate of drug-likeness (QED) is 0.457. The van der Waals surface area contributed by atoms with Crippen LogP contribution in [0.5, 0.6) is 5.75 Å². The number of amides is 1. The smallest absolute Gasteiger partial charge is 0.512 e. The Kier molecular flexibility index (Phi) is 6.00. The Balaban J connectivity index is 2.10. The minimum atomic E-state index is -4.77. The van der Waals surface area contributed by atoms with Crippen LogP contribution in [0.2, 0.25) is 0 Å². The summed E-state index contributed by atoms with van der Waals surface area (Å²) in [6.07, 6.45) is -3.64. The largest absolute Gasteiger partial charge is 0.573 e. The molecule has 0 heterocycles. The second kappa shape index (κ2) is 8.19. The number of anilines is 1. The molecule has 0 aliphatic heterocycles. The molecular formula is C18H15F3N2O3. The zero-order chi connectivity index (χ0) is 19.2. The number of carbonyl (C=O) groups is 1. The van der Waals surface area contributed by atoms with E-state index in [9.17, 15) is 23.1 Å². The van der Waals surface area contributed by atoms with Crippen LogP contribution < -0.4 is 10.1 Å². The third kappa shape index (κ3) is 5.97. The highest BCUT2D eigenvalue weighted by atomic mass is 19.4. The third-order valence-corrected chi connectivity index (χ3v) is 3.08. The Hall–Kier alpha value is -3.29. The van der Waals surface area contributed by atoms with Crippen LogP contribution in [0.3, 0.4) is 0 Å². The SMILES string of the molecule is CC(O)=C(C=Nc1ccc(OC(F)(F)F)cc1)C(=O)Nc1ccccc1. The second-order valence-corrected chi connectivity index (χ2v) is 5.12. The summed E-state index contributed by atoms with van der Waals surface area (Å²) in [4.78, 5) is 16.2. The number of halogens is 3. The first-order chi connectivity index (χ1) is 12.2. The van der Waals surface area contributed by atoms with Crippen LogP contribution >= 0.6 is 0 Å². The maximum absolute atomic E-state index is 12.2. The first-order valence-corrected chi connectivity index (χ1v) is 7.41. The van der Waals surface area contributed by atoms with Gasteiger partial charge >= 0.3 is 6.36 Å². The van der Waals surface area contributed by atoms with Crippen molar-refractivity contribution in [3.8, 4) is 5.75 Å². The van der Waals surface area contributed by atoms with Crippen molar-refractivity contribution < 1.29 is 27.8 Å². The number of benzene rings is 2. The maximum atomic E-state index is 12.2. The molecule has 136 valence electrons. The van der Waals surface area contributed by atoms with Gasteiger partial charge in [-0.2, -0.15) is 0 Å². The van der Waals surface area contributed by atoms with E-state index in [-0.39, 0.29) is 22.8 Å². The summed E-state index contributed by atoms with van der Waals surface area (Å²) in [6, 6.07) is 13.4. The van der Waals surface area contributed by atoms with E-state index in [4.69, 9.17) is 0 Å². The minimum absolute atomic E-state index is 0.0792. The normalized spacial score (nSPS) is 12.6. The van der Waals surface area contributed by atoms with Gasteiger partial charge in [-0.3, -0.25) is 9.79 Å². The fourth-order valence-electron chi connectivity index (χ4n) is 1.91. The van der Waals surface area contributed by atoms with E-state index in [1.807, 2.05) is 0 Å². The molecule has 0 saturated carbocycles. The molecule has 2 rings (SSSR count). The van der Waals surface area contributed by atoms with Crippen LogP contribution in [0, 0.1) is 0 Å². The van der Waals surface area contributed by atoms with Crippen LogP contribution in [-0.4, -0.2) is 23.6 Å². The zero-order valence-electron chi connectivity index (χ0n) is 13.6. The van der Waals surface area contributed by atoms with Gasteiger partial charge in [-0.1, -0.05) is 18.2 Å². The average molecular weight is 364 g/mol. The van der Waals surface area contributed by atoms with Crippen molar-refractivity contribution in [3.05, 3.63) is 65.9 Å². The monoisotopic (exact) mass is 364 g/mol. The first kappa shape index (κ1) is 19.0. The number of allylic oxidation sites excluding steroid dienone is 1. The zero-order valence-corrected chi connectivity index (χ0v) is 13.6. The van der Waals surface area contributed by atoms with E-state index < -0.39 is 12.3 Å². The number of alkyl halides is 3. The van der Waals surface area contributed by atoms with Gasteiger partial charge in [0.15, 0.2) is 0 Å². The van der Waals surface area contributed by atoms with Gasteiger partial charge in [0.2, 0.25) is 0 Å². The molecule has 1 amide bonds. The predicted octanol–water partition coefficient (Wildman–Crippen LogP) is 4.76. The number of nitrogens with zero attached hydrogens (tertiary/aromatic N) is 1. The summed E-state index contributed by atoms with van der Waals surface area (Å²) in [6.45, 7) is 1.33. The van der Waals surface area contributed by atoms with E-state index in [1.165, 1.54) is 19.1 Å². The summed E-state index contributed by atoms with van der Waals surface area (Å²) in [5.41, 5.74) is 0.744. The number of para-hydroxylation sites is 1. The van der Waals surface area contributed by atoms with Crippen LogP contribution in [0.4, 0.5) is 24.5 Å². The van der Waals surface area contributed by atoms with Gasteiger partial charge in [0.1, 0.15) is 11.5 Å². The molecule has 0 unspecified atom stereocenters. The van der Waals surface area contributed by atoms with Crippen molar-refractivity contribution >= 4 is 23.5 Å². The predicted molar refractivity (Wildman–Crippen MR) is 91.7 cm³/mol. The average Bonchev–Trinajstić information content (AvgIpc) is 2.56. The minimum Gasteiger partial charge on any atom is -0.512 e. The molecular weight excluding hydrogens is 349 g/mol. The molecule has 0 saturated heterocycles. The lowest BCUT2D eigenvalue weighted by molar-refractivity contribution is -0.274. The van der Waals surface area contributed by atoms with Crippen molar-refractivity contribution in [1.29, 1.82) is 0 Å². The van der Waals surface area contributed by atoms with E-state index in [1.54, 1.807) is 30.3 Å². The second-order valence-electron chi connectivity index (χ2n) is 5.12. The molecule has 26 heavy (non-hydrogen) atoms. The van der Waals surface area contributed by atoms with Crippen LogP contribution in [0.1, 0.15) is 6.92 Å². The molecule has 0 radical (unpaired) electrons. The highest BCUT2D eigenvalue weighted by Crippen LogP contribution is 2.25. The van der Waals surface area contributed by atoms with Gasteiger partial charge in [-0.05, 0) is 43.3 Å². The van der Waals surface area contributed by atoms with Gasteiger partial charge in [-0.25, -0.2) is 0 Å². The lowest BCUT2D eigenvalue weighted by Gasteiger charge is -2.08. The van der Waals surface area contributed by atoms with Gasteiger partial charge in [0.05, 0.1) is 11.3 Å². The van der Waals surface area contributed by atoms with E-state index in [0.717, 1.165) is 18.3 Å². The van der Waals surface area contributed by atoms with E-state index in [2.05, 4.69) is 15.0 Å². The summed E-state index contributed by atoms with van der Waals surface area (Å²) >= 11 is 0. The number of aliphatic hydroxyl groups excluding tert-OH is 1. The topological polar surface area (TPSA) is 70.9 Å². The van der Waals surface area contributed by atoms with Crippen molar-refractivity contribution in [3.63, 3.8) is 0 Å². The van der Waals surface area contributed by atoms with Gasteiger partial charge in [0, 0.05) is 11.9 Å². The molecule has 2 aromatic rings. The number of hydrogen-bond donors (Lipinski definition) is 2. The fourth-order valence-corrected chi connectivity index (χ4v) is 1.91. The summed E-state index contributed by atoms with van der Waals surface area (Å²) < 4.78 is 40.1. The molecule has 0 spiro atoms. The number of rotatable bonds is 5. The Bertz CT molecular complexity index is 810. The molecule has 0 aliphatic carbocycles. The van der Waals surface area contributed by atoms with Crippen molar-refractivity contribution in [2.75, 3.05) is 5.32 Å². The Morgan fingerprint density at radius 2 is 1.73 bits per heavy atom. The summed E-state index contributed by atoms with van der Waals surface area (Å²) in [5, 5.41) is 12.3. The van der Waals surface area contributed by atoms with Crippen LogP contribution in [0.25, 0.3) is 0 Å². The number of aliphatic imine (C=N–C) groups is 1. The Labute approximate surface area is 147 Å². The molecule has 0 atom stereocenters. The van der Waals surface area contributed by atoms with Gasteiger partial charge < -0.3 is 15.2 Å². The number of carbonyl (C=O) groups excluding carboxylic acids is 1. The molecule has 5 nitrogen and oxygen atoms in total. The third-order valence-electron chi connectivity index (χ3n) is 3.08. The number of hydrogen-bond acceptors (Lipinski definition) is 4. The van der Waals surface area contributed by atoms with Crippen LogP contribution in [0.15, 0.2) is 70.9 Å². The highest BCUT2D eigenvalue weighted by molar-refractivity contribution is 6.18. The number of nitrogens with one attached hydrogen (secondary N) is 1. The van der Waals surface area contributed by atoms with Gasteiger partial charge in [-0.15, -0.1) is 13.2 Å². The number of aliphatic hydroxyl groups is 1. The summed E-state index contributed by atoms with van der Waals surface area (Å²) in [5.74, 6) is -1.21. The lowest BCUT2D eigenvalue weighted by Crippen LogP contribution is -2.17. The van der Waals surface area contributed by atoms with Crippen molar-refractivity contribution in [2.45, 2.75) is 13.3 Å². The molecule has 0 aromatic heterocycles. The van der Waals surface area contributed by atoms with Crippen LogP contribution in [-0.2, 0) is 4.79 Å². The van der Waals surface area contributed by atoms with E-state index >= 15 is 0 Å².